The van der Waals surface area contributed by atoms with E-state index in [2.05, 4.69) is 4.98 Å². The van der Waals surface area contributed by atoms with Gasteiger partial charge in [0.2, 0.25) is 0 Å². The zero-order valence-electron chi connectivity index (χ0n) is 11.6. The molecule has 0 N–H and O–H groups in total. The Balaban J connectivity index is 1.87. The van der Waals surface area contributed by atoms with Crippen LogP contribution >= 0.6 is 11.6 Å². The van der Waals surface area contributed by atoms with Gasteiger partial charge in [0.05, 0.1) is 17.1 Å². The van der Waals surface area contributed by atoms with Gasteiger partial charge in [0, 0.05) is 18.5 Å². The predicted molar refractivity (Wildman–Crippen MR) is 80.9 cm³/mol. The van der Waals surface area contributed by atoms with E-state index < -0.39 is 10.9 Å². The van der Waals surface area contributed by atoms with E-state index in [0.717, 1.165) is 18.1 Å². The summed E-state index contributed by atoms with van der Waals surface area (Å²) in [4.78, 5) is 26.0. The molecule has 114 valence electrons. The Labute approximate surface area is 131 Å². The average molecular weight is 321 g/mol. The van der Waals surface area contributed by atoms with Crippen molar-refractivity contribution in [2.45, 2.75) is 12.8 Å². The normalized spacial score (nSPS) is 10.2. The third-order valence-electron chi connectivity index (χ3n) is 2.94. The van der Waals surface area contributed by atoms with Gasteiger partial charge in [-0.2, -0.15) is 0 Å². The maximum atomic E-state index is 11.8. The Hall–Kier alpha value is -2.47. The van der Waals surface area contributed by atoms with Gasteiger partial charge >= 0.3 is 5.97 Å². The second-order valence-electron chi connectivity index (χ2n) is 4.52. The van der Waals surface area contributed by atoms with Gasteiger partial charge in [-0.05, 0) is 36.6 Å². The minimum atomic E-state index is -0.637. The van der Waals surface area contributed by atoms with Crippen LogP contribution in [0.15, 0.2) is 42.7 Å². The topological polar surface area (TPSA) is 82.3 Å². The Kier molecular flexibility index (Phi) is 5.43. The Morgan fingerprint density at radius 3 is 2.86 bits per heavy atom. The molecule has 0 fully saturated rings. The number of hydrogen-bond acceptors (Lipinski definition) is 5. The number of nitrogens with zero attached hydrogens (tertiary/aromatic N) is 2. The number of nitro groups is 1. The van der Waals surface area contributed by atoms with E-state index in [4.69, 9.17) is 16.3 Å². The summed E-state index contributed by atoms with van der Waals surface area (Å²) in [6.07, 6.45) is 4.83. The number of esters is 1. The maximum Gasteiger partial charge on any atom is 0.338 e. The molecular weight excluding hydrogens is 308 g/mol. The van der Waals surface area contributed by atoms with E-state index in [1.807, 2.05) is 12.1 Å². The smallest absolute Gasteiger partial charge is 0.338 e. The van der Waals surface area contributed by atoms with E-state index in [-0.39, 0.29) is 22.9 Å². The van der Waals surface area contributed by atoms with E-state index >= 15 is 0 Å². The summed E-state index contributed by atoms with van der Waals surface area (Å²) in [6.45, 7) is 0.226. The molecule has 6 nitrogen and oxygen atoms in total. The van der Waals surface area contributed by atoms with Crippen LogP contribution in [-0.4, -0.2) is 22.5 Å². The third-order valence-corrected chi connectivity index (χ3v) is 3.26. The Bertz CT molecular complexity index is 676. The molecule has 7 heteroatoms. The molecular formula is C15H13ClN2O4. The van der Waals surface area contributed by atoms with Crippen molar-refractivity contribution in [1.29, 1.82) is 0 Å². The van der Waals surface area contributed by atoms with Crippen LogP contribution in [0.1, 0.15) is 22.3 Å². The lowest BCUT2D eigenvalue weighted by atomic mass is 10.2. The fourth-order valence-corrected chi connectivity index (χ4v) is 2.04. The molecule has 0 saturated carbocycles. The van der Waals surface area contributed by atoms with Crippen molar-refractivity contribution in [1.82, 2.24) is 4.98 Å². The summed E-state index contributed by atoms with van der Waals surface area (Å²) in [5, 5.41) is 10.8. The fraction of sp³-hybridized carbons (Fsp3) is 0.200. The highest BCUT2D eigenvalue weighted by Gasteiger charge is 2.16. The average Bonchev–Trinajstić information content (AvgIpc) is 2.52. The molecule has 0 bridgehead atoms. The number of carbonyl (C=O) groups is 1. The number of carbonyl (C=O) groups excluding carboxylic acids is 1. The van der Waals surface area contributed by atoms with E-state index in [9.17, 15) is 14.9 Å². The molecule has 22 heavy (non-hydrogen) atoms. The van der Waals surface area contributed by atoms with Crippen LogP contribution in [0.25, 0.3) is 0 Å². The zero-order valence-corrected chi connectivity index (χ0v) is 12.3. The first kappa shape index (κ1) is 15.9. The number of aryl methyl sites for hydroxylation is 1. The van der Waals surface area contributed by atoms with Gasteiger partial charge in [0.25, 0.3) is 5.69 Å². The van der Waals surface area contributed by atoms with Gasteiger partial charge in [0.15, 0.2) is 0 Å². The van der Waals surface area contributed by atoms with E-state index in [0.29, 0.717) is 6.42 Å². The lowest BCUT2D eigenvalue weighted by Crippen LogP contribution is -2.07. The number of nitro benzene ring substituents is 1. The Morgan fingerprint density at radius 2 is 2.18 bits per heavy atom. The van der Waals surface area contributed by atoms with E-state index in [1.54, 1.807) is 12.4 Å². The van der Waals surface area contributed by atoms with Crippen LogP contribution < -0.4 is 0 Å². The number of halogens is 1. The highest BCUT2D eigenvalue weighted by atomic mass is 35.5. The van der Waals surface area contributed by atoms with Gasteiger partial charge < -0.3 is 4.74 Å². The van der Waals surface area contributed by atoms with Crippen molar-refractivity contribution < 1.29 is 14.5 Å². The third kappa shape index (κ3) is 4.26. The molecule has 0 aliphatic rings. The van der Waals surface area contributed by atoms with Crippen molar-refractivity contribution in [3.63, 3.8) is 0 Å². The molecule has 0 atom stereocenters. The number of aromatic nitrogens is 1. The van der Waals surface area contributed by atoms with Crippen LogP contribution in [0.3, 0.4) is 0 Å². The fourth-order valence-electron chi connectivity index (χ4n) is 1.85. The van der Waals surface area contributed by atoms with Crippen molar-refractivity contribution in [3.8, 4) is 0 Å². The SMILES string of the molecule is O=C(OCCCc1cccnc1)c1ccc(Cl)c([N+](=O)[O-])c1. The number of rotatable bonds is 6. The first-order valence-electron chi connectivity index (χ1n) is 6.58. The molecule has 0 aliphatic carbocycles. The molecule has 1 aromatic heterocycles. The van der Waals surface area contributed by atoms with Crippen LogP contribution in [0, 0.1) is 10.1 Å². The zero-order chi connectivity index (χ0) is 15.9. The molecule has 2 aromatic rings. The summed E-state index contributed by atoms with van der Waals surface area (Å²) in [6, 6.07) is 7.61. The molecule has 0 unspecified atom stereocenters. The Morgan fingerprint density at radius 1 is 1.36 bits per heavy atom. The van der Waals surface area contributed by atoms with Gasteiger partial charge in [-0.15, -0.1) is 0 Å². The molecule has 0 spiro atoms. The van der Waals surface area contributed by atoms with Crippen molar-refractivity contribution in [3.05, 3.63) is 69.0 Å². The number of ether oxygens (including phenoxy) is 1. The minimum absolute atomic E-state index is 0.0156. The summed E-state index contributed by atoms with van der Waals surface area (Å²) >= 11 is 5.69. The second kappa shape index (κ2) is 7.51. The van der Waals surface area contributed by atoms with Crippen LogP contribution in [0.2, 0.25) is 5.02 Å². The first-order chi connectivity index (χ1) is 10.6. The summed E-state index contributed by atoms with van der Waals surface area (Å²) in [7, 11) is 0. The molecule has 0 radical (unpaired) electrons. The molecule has 0 saturated heterocycles. The van der Waals surface area contributed by atoms with Crippen molar-refractivity contribution in [2.24, 2.45) is 0 Å². The quantitative estimate of drug-likeness (QED) is 0.352. The van der Waals surface area contributed by atoms with Crippen molar-refractivity contribution in [2.75, 3.05) is 6.61 Å². The highest BCUT2D eigenvalue weighted by Crippen LogP contribution is 2.25. The minimum Gasteiger partial charge on any atom is -0.462 e. The van der Waals surface area contributed by atoms with Gasteiger partial charge in [0.1, 0.15) is 5.02 Å². The largest absolute Gasteiger partial charge is 0.462 e. The second-order valence-corrected chi connectivity index (χ2v) is 4.93. The summed E-state index contributed by atoms with van der Waals surface area (Å²) in [5.74, 6) is -0.606. The van der Waals surface area contributed by atoms with Crippen LogP contribution in [0.5, 0.6) is 0 Å². The molecule has 0 aliphatic heterocycles. The molecule has 0 amide bonds. The van der Waals surface area contributed by atoms with Crippen LogP contribution in [0.4, 0.5) is 5.69 Å². The van der Waals surface area contributed by atoms with Gasteiger partial charge in [-0.25, -0.2) is 4.79 Å². The standard InChI is InChI=1S/C15H13ClN2O4/c16-13-6-5-12(9-14(13)18(20)21)15(19)22-8-2-4-11-3-1-7-17-10-11/h1,3,5-7,9-10H,2,4,8H2. The molecule has 1 heterocycles. The maximum absolute atomic E-state index is 11.8. The monoisotopic (exact) mass is 320 g/mol. The number of hydrogen-bond donors (Lipinski definition) is 0. The molecule has 2 rings (SSSR count). The molecule has 1 aromatic carbocycles. The lowest BCUT2D eigenvalue weighted by Gasteiger charge is -2.05. The highest BCUT2D eigenvalue weighted by molar-refractivity contribution is 6.32. The van der Waals surface area contributed by atoms with Crippen molar-refractivity contribution >= 4 is 23.3 Å². The first-order valence-corrected chi connectivity index (χ1v) is 6.95. The van der Waals surface area contributed by atoms with Gasteiger partial charge in [-0.1, -0.05) is 17.7 Å². The predicted octanol–water partition coefficient (Wildman–Crippen LogP) is 3.43. The number of pyridine rings is 1. The van der Waals surface area contributed by atoms with Gasteiger partial charge in [-0.3, -0.25) is 15.1 Å². The summed E-state index contributed by atoms with van der Waals surface area (Å²) in [5.41, 5.74) is 0.852. The lowest BCUT2D eigenvalue weighted by molar-refractivity contribution is -0.384. The van der Waals surface area contributed by atoms with E-state index in [1.165, 1.54) is 12.1 Å². The number of benzene rings is 1. The summed E-state index contributed by atoms with van der Waals surface area (Å²) < 4.78 is 5.10. The van der Waals surface area contributed by atoms with Crippen LogP contribution in [-0.2, 0) is 11.2 Å².